The van der Waals surface area contributed by atoms with Gasteiger partial charge in [0.05, 0.1) is 23.6 Å². The van der Waals surface area contributed by atoms with E-state index < -0.39 is 23.2 Å². The van der Waals surface area contributed by atoms with Crippen LogP contribution in [0.5, 0.6) is 5.75 Å². The summed E-state index contributed by atoms with van der Waals surface area (Å²) in [7, 11) is 0. The first-order valence-corrected chi connectivity index (χ1v) is 10.5. The van der Waals surface area contributed by atoms with Crippen molar-refractivity contribution < 1.29 is 18.3 Å². The molecule has 0 fully saturated rings. The molecule has 0 radical (unpaired) electrons. The summed E-state index contributed by atoms with van der Waals surface area (Å²) < 4.78 is 25.4. The van der Waals surface area contributed by atoms with Crippen LogP contribution in [0, 0.1) is 5.82 Å². The van der Waals surface area contributed by atoms with E-state index in [1.165, 1.54) is 12.1 Å². The van der Waals surface area contributed by atoms with Crippen LogP contribution in [-0.2, 0) is 0 Å². The molecule has 1 aliphatic heterocycles. The molecule has 0 N–H and O–H groups in total. The molecule has 4 aromatic rings. The fourth-order valence-corrected chi connectivity index (χ4v) is 4.08. The SMILES string of the molecule is CCCOc1ccc(C2c3c(oc4ccc(F)cc4c3=O)C(=O)N2c2ccccc2)cc1. The van der Waals surface area contributed by atoms with Crippen molar-refractivity contribution in [2.24, 2.45) is 0 Å². The van der Waals surface area contributed by atoms with E-state index in [2.05, 4.69) is 0 Å². The number of halogens is 1. The molecule has 0 aliphatic carbocycles. The van der Waals surface area contributed by atoms with Gasteiger partial charge in [-0.25, -0.2) is 4.39 Å². The number of ether oxygens (including phenoxy) is 1. The van der Waals surface area contributed by atoms with Crippen LogP contribution in [-0.4, -0.2) is 12.5 Å². The predicted molar refractivity (Wildman–Crippen MR) is 120 cm³/mol. The first-order chi connectivity index (χ1) is 15.6. The smallest absolute Gasteiger partial charge is 0.295 e. The number of benzene rings is 3. The zero-order valence-corrected chi connectivity index (χ0v) is 17.4. The minimum Gasteiger partial charge on any atom is -0.494 e. The number of carbonyl (C=O) groups excluding carboxylic acids is 1. The lowest BCUT2D eigenvalue weighted by molar-refractivity contribution is 0.0971. The number of hydrogen-bond donors (Lipinski definition) is 0. The van der Waals surface area contributed by atoms with Crippen molar-refractivity contribution in [2.45, 2.75) is 19.4 Å². The highest BCUT2D eigenvalue weighted by Crippen LogP contribution is 2.41. The molecule has 32 heavy (non-hydrogen) atoms. The van der Waals surface area contributed by atoms with Gasteiger partial charge in [-0.1, -0.05) is 37.3 Å². The zero-order chi connectivity index (χ0) is 22.2. The Morgan fingerprint density at radius 2 is 1.75 bits per heavy atom. The van der Waals surface area contributed by atoms with Crippen molar-refractivity contribution in [1.82, 2.24) is 0 Å². The van der Waals surface area contributed by atoms with Gasteiger partial charge < -0.3 is 9.15 Å². The van der Waals surface area contributed by atoms with Crippen LogP contribution in [0.25, 0.3) is 11.0 Å². The molecule has 160 valence electrons. The summed E-state index contributed by atoms with van der Waals surface area (Å²) in [5.74, 6) is -0.262. The molecule has 1 amide bonds. The third-order valence-electron chi connectivity index (χ3n) is 5.54. The molecule has 0 bridgehead atoms. The summed E-state index contributed by atoms with van der Waals surface area (Å²) in [4.78, 5) is 28.5. The van der Waals surface area contributed by atoms with Crippen molar-refractivity contribution in [1.29, 1.82) is 0 Å². The standard InChI is InChI=1S/C26H20FNO4/c1-2-14-31-19-11-8-16(9-12-19)23-22-24(29)20-15-17(27)10-13-21(20)32-25(22)26(30)28(23)18-6-4-3-5-7-18/h3-13,15,23H,2,14H2,1H3. The van der Waals surface area contributed by atoms with Crippen LogP contribution in [0.15, 0.2) is 82.0 Å². The van der Waals surface area contributed by atoms with E-state index >= 15 is 0 Å². The van der Waals surface area contributed by atoms with E-state index in [4.69, 9.17) is 9.15 Å². The summed E-state index contributed by atoms with van der Waals surface area (Å²) >= 11 is 0. The highest BCUT2D eigenvalue weighted by molar-refractivity contribution is 6.10. The Balaban J connectivity index is 1.72. The second kappa shape index (κ2) is 7.96. The molecule has 1 aromatic heterocycles. The Hall–Kier alpha value is -3.93. The first-order valence-electron chi connectivity index (χ1n) is 10.5. The van der Waals surface area contributed by atoms with Gasteiger partial charge in [-0.2, -0.15) is 0 Å². The normalized spacial score (nSPS) is 15.2. The lowest BCUT2D eigenvalue weighted by Gasteiger charge is -2.25. The Labute approximate surface area is 183 Å². The Kier molecular flexibility index (Phi) is 4.98. The third-order valence-corrected chi connectivity index (χ3v) is 5.54. The number of carbonyl (C=O) groups is 1. The lowest BCUT2D eigenvalue weighted by atomic mass is 9.98. The van der Waals surface area contributed by atoms with Crippen molar-refractivity contribution in [3.05, 3.63) is 106 Å². The van der Waals surface area contributed by atoms with E-state index in [1.807, 2.05) is 49.4 Å². The molecule has 2 heterocycles. The second-order valence-electron chi connectivity index (χ2n) is 7.65. The highest BCUT2D eigenvalue weighted by atomic mass is 19.1. The Bertz CT molecular complexity index is 1360. The summed E-state index contributed by atoms with van der Waals surface area (Å²) in [5.41, 5.74) is 1.34. The summed E-state index contributed by atoms with van der Waals surface area (Å²) in [6.07, 6.45) is 0.888. The van der Waals surface area contributed by atoms with Crippen molar-refractivity contribution in [3.63, 3.8) is 0 Å². The Morgan fingerprint density at radius 1 is 1.00 bits per heavy atom. The Morgan fingerprint density at radius 3 is 2.47 bits per heavy atom. The number of anilines is 1. The molecule has 1 atom stereocenters. The number of rotatable bonds is 5. The van der Waals surface area contributed by atoms with Gasteiger partial charge in [0.15, 0.2) is 5.43 Å². The maximum atomic E-state index is 13.9. The van der Waals surface area contributed by atoms with Gasteiger partial charge in [-0.05, 0) is 54.4 Å². The summed E-state index contributed by atoms with van der Waals surface area (Å²) in [6.45, 7) is 2.63. The predicted octanol–water partition coefficient (Wildman–Crippen LogP) is 5.47. The monoisotopic (exact) mass is 429 g/mol. The molecule has 1 aliphatic rings. The molecular formula is C26H20FNO4. The largest absolute Gasteiger partial charge is 0.494 e. The second-order valence-corrected chi connectivity index (χ2v) is 7.65. The molecular weight excluding hydrogens is 409 g/mol. The summed E-state index contributed by atoms with van der Waals surface area (Å²) in [6, 6.07) is 19.4. The lowest BCUT2D eigenvalue weighted by Crippen LogP contribution is -2.29. The van der Waals surface area contributed by atoms with Gasteiger partial charge in [-0.15, -0.1) is 0 Å². The number of amides is 1. The highest BCUT2D eigenvalue weighted by Gasteiger charge is 2.43. The van der Waals surface area contributed by atoms with Crippen molar-refractivity contribution in [3.8, 4) is 5.75 Å². The number of hydrogen-bond acceptors (Lipinski definition) is 4. The number of para-hydroxylation sites is 1. The van der Waals surface area contributed by atoms with Gasteiger partial charge in [-0.3, -0.25) is 14.5 Å². The molecule has 0 spiro atoms. The van der Waals surface area contributed by atoms with Crippen molar-refractivity contribution in [2.75, 3.05) is 11.5 Å². The van der Waals surface area contributed by atoms with Gasteiger partial charge in [0.2, 0.25) is 5.76 Å². The van der Waals surface area contributed by atoms with Crippen LogP contribution in [0.1, 0.15) is 41.1 Å². The van der Waals surface area contributed by atoms with Crippen LogP contribution in [0.3, 0.4) is 0 Å². The van der Waals surface area contributed by atoms with Gasteiger partial charge in [0.25, 0.3) is 5.91 Å². The van der Waals surface area contributed by atoms with Crippen LogP contribution in [0.4, 0.5) is 10.1 Å². The average molecular weight is 429 g/mol. The maximum Gasteiger partial charge on any atom is 0.295 e. The molecule has 3 aromatic carbocycles. The maximum absolute atomic E-state index is 13.9. The molecule has 6 heteroatoms. The average Bonchev–Trinajstić information content (AvgIpc) is 3.11. The fraction of sp³-hybridized carbons (Fsp3) is 0.154. The molecule has 0 saturated heterocycles. The minimum atomic E-state index is -0.705. The van der Waals surface area contributed by atoms with Crippen LogP contribution >= 0.6 is 0 Å². The van der Waals surface area contributed by atoms with E-state index in [0.29, 0.717) is 18.0 Å². The molecule has 5 nitrogen and oxygen atoms in total. The molecule has 5 rings (SSSR count). The van der Waals surface area contributed by atoms with Gasteiger partial charge >= 0.3 is 0 Å². The minimum absolute atomic E-state index is 0.0192. The van der Waals surface area contributed by atoms with E-state index in [-0.39, 0.29) is 22.3 Å². The summed E-state index contributed by atoms with van der Waals surface area (Å²) in [5, 5.41) is 0.111. The van der Waals surface area contributed by atoms with Crippen LogP contribution < -0.4 is 15.1 Å². The topological polar surface area (TPSA) is 59.8 Å². The van der Waals surface area contributed by atoms with E-state index in [9.17, 15) is 14.0 Å². The van der Waals surface area contributed by atoms with E-state index in [1.54, 1.807) is 17.0 Å². The molecule has 1 unspecified atom stereocenters. The first kappa shape index (κ1) is 20.0. The molecule has 0 saturated carbocycles. The van der Waals surface area contributed by atoms with Crippen molar-refractivity contribution >= 4 is 22.6 Å². The third kappa shape index (κ3) is 3.24. The van der Waals surface area contributed by atoms with Gasteiger partial charge in [0, 0.05) is 5.69 Å². The zero-order valence-electron chi connectivity index (χ0n) is 17.4. The van der Waals surface area contributed by atoms with Crippen LogP contribution in [0.2, 0.25) is 0 Å². The van der Waals surface area contributed by atoms with E-state index in [0.717, 1.165) is 18.1 Å². The fourth-order valence-electron chi connectivity index (χ4n) is 4.08. The van der Waals surface area contributed by atoms with Gasteiger partial charge in [0.1, 0.15) is 17.1 Å². The quantitative estimate of drug-likeness (QED) is 0.422. The number of nitrogens with zero attached hydrogens (tertiary/aromatic N) is 1. The number of fused-ring (bicyclic) bond motifs is 2.